The number of rotatable bonds is 8. The second-order valence-electron chi connectivity index (χ2n) is 2.99. The van der Waals surface area contributed by atoms with Gasteiger partial charge in [0, 0.05) is 6.61 Å². The predicted octanol–water partition coefficient (Wildman–Crippen LogP) is 2.20. The molecule has 0 heterocycles. The molecule has 15 heavy (non-hydrogen) atoms. The van der Waals surface area contributed by atoms with Crippen molar-refractivity contribution >= 4 is 13.4 Å². The van der Waals surface area contributed by atoms with Gasteiger partial charge in [0.1, 0.15) is 6.61 Å². The molecular formula is C9H19O5P. The van der Waals surface area contributed by atoms with Gasteiger partial charge in [-0.05, 0) is 27.7 Å². The molecule has 0 spiro atoms. The molecule has 5 nitrogen and oxygen atoms in total. The van der Waals surface area contributed by atoms with Gasteiger partial charge < -0.3 is 9.26 Å². The third-order valence-corrected chi connectivity index (χ3v) is 3.76. The van der Waals surface area contributed by atoms with E-state index in [0.717, 1.165) is 0 Å². The van der Waals surface area contributed by atoms with Crippen LogP contribution in [-0.2, 0) is 23.1 Å². The molecule has 0 aliphatic carbocycles. The summed E-state index contributed by atoms with van der Waals surface area (Å²) in [5.41, 5.74) is 0. The molecule has 2 atom stereocenters. The number of hydrogen-bond donors (Lipinski definition) is 0. The SMILES string of the molecule is CCOC(C)P(=O)(OCC)OCC(C)=O. The van der Waals surface area contributed by atoms with Crippen LogP contribution in [-0.4, -0.2) is 31.4 Å². The van der Waals surface area contributed by atoms with Crippen LogP contribution in [0.3, 0.4) is 0 Å². The molecule has 0 aromatic carbocycles. The molecule has 90 valence electrons. The van der Waals surface area contributed by atoms with E-state index in [1.165, 1.54) is 6.92 Å². The zero-order chi connectivity index (χ0) is 11.9. The van der Waals surface area contributed by atoms with Crippen LogP contribution in [0.5, 0.6) is 0 Å². The topological polar surface area (TPSA) is 61.8 Å². The quantitative estimate of drug-likeness (QED) is 0.606. The van der Waals surface area contributed by atoms with Gasteiger partial charge in [-0.15, -0.1) is 0 Å². The summed E-state index contributed by atoms with van der Waals surface area (Å²) in [7, 11) is -3.32. The number of Topliss-reactive ketones (excluding diaryl/α,β-unsaturated/α-hetero) is 1. The summed E-state index contributed by atoms with van der Waals surface area (Å²) in [6, 6.07) is 0. The fraction of sp³-hybridized carbons (Fsp3) is 0.889. The smallest absolute Gasteiger partial charge is 0.359 e. The number of carbonyl (C=O) groups excluding carboxylic acids is 1. The van der Waals surface area contributed by atoms with E-state index in [-0.39, 0.29) is 19.0 Å². The maximum absolute atomic E-state index is 12.1. The summed E-state index contributed by atoms with van der Waals surface area (Å²) in [6.07, 6.45) is 0. The molecule has 0 N–H and O–H groups in total. The van der Waals surface area contributed by atoms with Gasteiger partial charge in [0.15, 0.2) is 11.6 Å². The van der Waals surface area contributed by atoms with Crippen molar-refractivity contribution in [3.63, 3.8) is 0 Å². The Morgan fingerprint density at radius 1 is 1.27 bits per heavy atom. The van der Waals surface area contributed by atoms with Crippen LogP contribution in [0.25, 0.3) is 0 Å². The lowest BCUT2D eigenvalue weighted by Gasteiger charge is -2.22. The Morgan fingerprint density at radius 3 is 2.27 bits per heavy atom. The molecule has 6 heteroatoms. The van der Waals surface area contributed by atoms with Gasteiger partial charge in [-0.2, -0.15) is 0 Å². The summed E-state index contributed by atoms with van der Waals surface area (Å²) < 4.78 is 27.3. The summed E-state index contributed by atoms with van der Waals surface area (Å²) in [5.74, 6) is -0.847. The van der Waals surface area contributed by atoms with Crippen LogP contribution >= 0.6 is 7.60 Å². The molecule has 0 saturated carbocycles. The van der Waals surface area contributed by atoms with E-state index in [0.29, 0.717) is 6.61 Å². The maximum Gasteiger partial charge on any atom is 0.359 e. The maximum atomic E-state index is 12.1. The molecular weight excluding hydrogens is 219 g/mol. The minimum absolute atomic E-state index is 0.196. The van der Waals surface area contributed by atoms with Crippen LogP contribution in [0.4, 0.5) is 0 Å². The predicted molar refractivity (Wildman–Crippen MR) is 57.0 cm³/mol. The van der Waals surface area contributed by atoms with E-state index >= 15 is 0 Å². The van der Waals surface area contributed by atoms with E-state index in [1.54, 1.807) is 20.8 Å². The van der Waals surface area contributed by atoms with E-state index < -0.39 is 13.4 Å². The minimum atomic E-state index is -3.32. The number of ketones is 1. The third-order valence-electron chi connectivity index (χ3n) is 1.61. The van der Waals surface area contributed by atoms with Gasteiger partial charge in [-0.1, -0.05) is 0 Å². The molecule has 0 aliphatic heterocycles. The highest BCUT2D eigenvalue weighted by Crippen LogP contribution is 2.53. The number of ether oxygens (including phenoxy) is 1. The summed E-state index contributed by atoms with van der Waals surface area (Å²) >= 11 is 0. The fourth-order valence-electron chi connectivity index (χ4n) is 0.941. The first-order valence-corrected chi connectivity index (χ1v) is 6.57. The highest BCUT2D eigenvalue weighted by molar-refractivity contribution is 7.54. The minimum Gasteiger partial charge on any atom is -0.366 e. The number of carbonyl (C=O) groups is 1. The van der Waals surface area contributed by atoms with Crippen molar-refractivity contribution in [1.82, 2.24) is 0 Å². The van der Waals surface area contributed by atoms with Crippen molar-refractivity contribution in [3.05, 3.63) is 0 Å². The van der Waals surface area contributed by atoms with E-state index in [9.17, 15) is 9.36 Å². The first kappa shape index (κ1) is 14.8. The van der Waals surface area contributed by atoms with Crippen molar-refractivity contribution in [2.24, 2.45) is 0 Å². The Hall–Kier alpha value is -0.220. The standard InChI is InChI=1S/C9H19O5P/c1-5-12-9(4)15(11,13-6-2)14-7-8(3)10/h9H,5-7H2,1-4H3. The zero-order valence-corrected chi connectivity index (χ0v) is 10.6. The second kappa shape index (κ2) is 7.12. The van der Waals surface area contributed by atoms with E-state index in [4.69, 9.17) is 13.8 Å². The van der Waals surface area contributed by atoms with Gasteiger partial charge in [0.25, 0.3) is 0 Å². The van der Waals surface area contributed by atoms with Gasteiger partial charge in [0.05, 0.1) is 6.61 Å². The Labute approximate surface area is 90.6 Å². The normalized spacial score (nSPS) is 17.1. The Balaban J connectivity index is 4.43. The zero-order valence-electron chi connectivity index (χ0n) is 9.69. The van der Waals surface area contributed by atoms with Crippen LogP contribution < -0.4 is 0 Å². The van der Waals surface area contributed by atoms with Crippen molar-refractivity contribution in [2.45, 2.75) is 33.5 Å². The fourth-order valence-corrected chi connectivity index (χ4v) is 2.49. The highest BCUT2D eigenvalue weighted by Gasteiger charge is 2.33. The van der Waals surface area contributed by atoms with Crippen molar-refractivity contribution in [1.29, 1.82) is 0 Å². The molecule has 0 fully saturated rings. The van der Waals surface area contributed by atoms with Gasteiger partial charge in [-0.25, -0.2) is 0 Å². The van der Waals surface area contributed by atoms with Gasteiger partial charge in [-0.3, -0.25) is 13.9 Å². The summed E-state index contributed by atoms with van der Waals surface area (Å²) in [6.45, 7) is 6.94. The lowest BCUT2D eigenvalue weighted by molar-refractivity contribution is -0.119. The molecule has 0 bridgehead atoms. The molecule has 0 rings (SSSR count). The molecule has 2 unspecified atom stereocenters. The molecule has 0 aliphatic rings. The Kier molecular flexibility index (Phi) is 7.02. The van der Waals surface area contributed by atoms with Crippen molar-refractivity contribution in [2.75, 3.05) is 19.8 Å². The average molecular weight is 238 g/mol. The lowest BCUT2D eigenvalue weighted by Crippen LogP contribution is -2.15. The Morgan fingerprint density at radius 2 is 1.87 bits per heavy atom. The summed E-state index contributed by atoms with van der Waals surface area (Å²) in [4.78, 5) is 10.7. The first-order valence-electron chi connectivity index (χ1n) is 4.96. The number of hydrogen-bond acceptors (Lipinski definition) is 5. The molecule has 0 amide bonds. The molecule has 0 aromatic heterocycles. The highest BCUT2D eigenvalue weighted by atomic mass is 31.2. The van der Waals surface area contributed by atoms with Crippen molar-refractivity contribution in [3.8, 4) is 0 Å². The third kappa shape index (κ3) is 5.42. The monoisotopic (exact) mass is 238 g/mol. The van der Waals surface area contributed by atoms with Crippen LogP contribution in [0.15, 0.2) is 0 Å². The van der Waals surface area contributed by atoms with Crippen LogP contribution in [0.1, 0.15) is 27.7 Å². The largest absolute Gasteiger partial charge is 0.366 e. The molecule has 0 saturated heterocycles. The van der Waals surface area contributed by atoms with Gasteiger partial charge in [0.2, 0.25) is 0 Å². The first-order chi connectivity index (χ1) is 6.96. The lowest BCUT2D eigenvalue weighted by atomic mass is 10.5. The van der Waals surface area contributed by atoms with Crippen LogP contribution in [0.2, 0.25) is 0 Å². The van der Waals surface area contributed by atoms with Crippen LogP contribution in [0, 0.1) is 0 Å². The van der Waals surface area contributed by atoms with Gasteiger partial charge >= 0.3 is 7.60 Å². The summed E-state index contributed by atoms with van der Waals surface area (Å²) in [5, 5.41) is 0. The average Bonchev–Trinajstić information content (AvgIpc) is 2.15. The molecule has 0 radical (unpaired) electrons. The second-order valence-corrected chi connectivity index (χ2v) is 5.31. The van der Waals surface area contributed by atoms with Crippen molar-refractivity contribution < 1.29 is 23.1 Å². The van der Waals surface area contributed by atoms with E-state index in [2.05, 4.69) is 0 Å². The molecule has 0 aromatic rings. The van der Waals surface area contributed by atoms with E-state index in [1.807, 2.05) is 0 Å². The Bertz CT molecular complexity index is 241.